The van der Waals surface area contributed by atoms with E-state index in [2.05, 4.69) is 4.98 Å². The Bertz CT molecular complexity index is 979. The summed E-state index contributed by atoms with van der Waals surface area (Å²) in [5, 5.41) is 11.7. The SMILES string of the molecule is O=C(c1cc([N+](=O)[O-])ccc1Cl)N(Cc1ccccn1)c1ccc(Cl)cc1. The largest absolute Gasteiger partial charge is 0.302 e. The van der Waals surface area contributed by atoms with Crippen LogP contribution in [-0.2, 0) is 6.54 Å². The van der Waals surface area contributed by atoms with E-state index in [0.29, 0.717) is 16.4 Å². The zero-order valence-corrected chi connectivity index (χ0v) is 15.4. The van der Waals surface area contributed by atoms with Gasteiger partial charge in [0, 0.05) is 29.0 Å². The molecular weight excluding hydrogens is 389 g/mol. The molecule has 0 aliphatic rings. The predicted molar refractivity (Wildman–Crippen MR) is 104 cm³/mol. The molecule has 0 saturated heterocycles. The lowest BCUT2D eigenvalue weighted by atomic mass is 10.1. The fourth-order valence-corrected chi connectivity index (χ4v) is 2.82. The van der Waals surface area contributed by atoms with Crippen LogP contribution in [0, 0.1) is 10.1 Å². The number of halogens is 2. The van der Waals surface area contributed by atoms with Crippen molar-refractivity contribution in [2.45, 2.75) is 6.54 Å². The normalized spacial score (nSPS) is 10.4. The third-order valence-corrected chi connectivity index (χ3v) is 4.40. The van der Waals surface area contributed by atoms with Gasteiger partial charge < -0.3 is 4.90 Å². The van der Waals surface area contributed by atoms with E-state index >= 15 is 0 Å². The third-order valence-electron chi connectivity index (χ3n) is 3.82. The van der Waals surface area contributed by atoms with Gasteiger partial charge in [0.1, 0.15) is 0 Å². The molecule has 136 valence electrons. The predicted octanol–water partition coefficient (Wildman–Crippen LogP) is 5.14. The summed E-state index contributed by atoms with van der Waals surface area (Å²) in [6, 6.07) is 15.8. The molecule has 0 fully saturated rings. The summed E-state index contributed by atoms with van der Waals surface area (Å²) in [4.78, 5) is 29.4. The number of pyridine rings is 1. The van der Waals surface area contributed by atoms with Crippen LogP contribution in [0.2, 0.25) is 10.0 Å². The average Bonchev–Trinajstić information content (AvgIpc) is 2.67. The molecule has 0 unspecified atom stereocenters. The number of hydrogen-bond donors (Lipinski definition) is 0. The van der Waals surface area contributed by atoms with E-state index in [0.717, 1.165) is 0 Å². The molecule has 0 atom stereocenters. The lowest BCUT2D eigenvalue weighted by Gasteiger charge is -2.23. The highest BCUT2D eigenvalue weighted by molar-refractivity contribution is 6.34. The van der Waals surface area contributed by atoms with Gasteiger partial charge in [-0.15, -0.1) is 0 Å². The van der Waals surface area contributed by atoms with Crippen molar-refractivity contribution < 1.29 is 9.72 Å². The first kappa shape index (κ1) is 18.8. The van der Waals surface area contributed by atoms with Gasteiger partial charge in [-0.1, -0.05) is 29.3 Å². The zero-order chi connectivity index (χ0) is 19.4. The van der Waals surface area contributed by atoms with Gasteiger partial charge in [-0.25, -0.2) is 0 Å². The molecule has 0 saturated carbocycles. The maximum atomic E-state index is 13.2. The molecule has 27 heavy (non-hydrogen) atoms. The van der Waals surface area contributed by atoms with Crippen molar-refractivity contribution >= 4 is 40.5 Å². The third kappa shape index (κ3) is 4.42. The van der Waals surface area contributed by atoms with Crippen LogP contribution in [0.15, 0.2) is 66.9 Å². The number of rotatable bonds is 5. The van der Waals surface area contributed by atoms with Crippen LogP contribution in [-0.4, -0.2) is 15.8 Å². The van der Waals surface area contributed by atoms with Gasteiger partial charge in [0.15, 0.2) is 0 Å². The summed E-state index contributed by atoms with van der Waals surface area (Å²) in [6.45, 7) is 0.167. The number of nitro groups is 1. The van der Waals surface area contributed by atoms with E-state index in [1.165, 1.54) is 23.1 Å². The highest BCUT2D eigenvalue weighted by atomic mass is 35.5. The summed E-state index contributed by atoms with van der Waals surface area (Å²) in [5.74, 6) is -0.475. The molecule has 1 heterocycles. The first-order valence-corrected chi connectivity index (χ1v) is 8.62. The molecule has 0 radical (unpaired) electrons. The standard InChI is InChI=1S/C19H13Cl2N3O3/c20-13-4-6-15(7-5-13)23(12-14-3-1-2-10-22-14)19(25)17-11-16(24(26)27)8-9-18(17)21/h1-11H,12H2. The van der Waals surface area contributed by atoms with Gasteiger partial charge >= 0.3 is 0 Å². The fourth-order valence-electron chi connectivity index (χ4n) is 2.49. The molecule has 0 aliphatic heterocycles. The number of amides is 1. The van der Waals surface area contributed by atoms with Crippen LogP contribution < -0.4 is 4.90 Å². The summed E-state index contributed by atoms with van der Waals surface area (Å²) in [5.41, 5.74) is 1.05. The maximum Gasteiger partial charge on any atom is 0.270 e. The monoisotopic (exact) mass is 401 g/mol. The van der Waals surface area contributed by atoms with Crippen molar-refractivity contribution in [1.29, 1.82) is 0 Å². The van der Waals surface area contributed by atoms with E-state index in [-0.39, 0.29) is 22.8 Å². The summed E-state index contributed by atoms with van der Waals surface area (Å²) in [6.07, 6.45) is 1.63. The Morgan fingerprint density at radius 3 is 2.44 bits per heavy atom. The zero-order valence-electron chi connectivity index (χ0n) is 13.9. The van der Waals surface area contributed by atoms with E-state index in [1.54, 1.807) is 42.6 Å². The molecule has 3 aromatic rings. The van der Waals surface area contributed by atoms with E-state index < -0.39 is 10.8 Å². The van der Waals surface area contributed by atoms with Crippen molar-refractivity contribution in [1.82, 2.24) is 4.98 Å². The van der Waals surface area contributed by atoms with E-state index in [4.69, 9.17) is 23.2 Å². The summed E-state index contributed by atoms with van der Waals surface area (Å²) >= 11 is 12.1. The molecule has 3 rings (SSSR count). The van der Waals surface area contributed by atoms with Crippen LogP contribution in [0.5, 0.6) is 0 Å². The van der Waals surface area contributed by atoms with E-state index in [1.807, 2.05) is 6.07 Å². The number of carbonyl (C=O) groups is 1. The minimum absolute atomic E-state index is 0.0387. The molecule has 1 amide bonds. The van der Waals surface area contributed by atoms with E-state index in [9.17, 15) is 14.9 Å². The molecular formula is C19H13Cl2N3O3. The Balaban J connectivity index is 2.04. The average molecular weight is 402 g/mol. The molecule has 0 spiro atoms. The Hall–Kier alpha value is -2.96. The Morgan fingerprint density at radius 1 is 1.07 bits per heavy atom. The summed E-state index contributed by atoms with van der Waals surface area (Å²) < 4.78 is 0. The number of anilines is 1. The van der Waals surface area contributed by atoms with Gasteiger partial charge in [0.25, 0.3) is 11.6 Å². The maximum absolute atomic E-state index is 13.2. The van der Waals surface area contributed by atoms with Crippen LogP contribution in [0.1, 0.15) is 16.1 Å². The van der Waals surface area contributed by atoms with Crippen LogP contribution in [0.3, 0.4) is 0 Å². The fraction of sp³-hybridized carbons (Fsp3) is 0.0526. The quantitative estimate of drug-likeness (QED) is 0.437. The van der Waals surface area contributed by atoms with Crippen LogP contribution >= 0.6 is 23.2 Å². The number of non-ortho nitro benzene ring substituents is 1. The first-order valence-electron chi connectivity index (χ1n) is 7.87. The Kier molecular flexibility index (Phi) is 5.69. The van der Waals surface area contributed by atoms with Crippen molar-refractivity contribution in [3.05, 3.63) is 98.3 Å². The van der Waals surface area contributed by atoms with Gasteiger partial charge in [-0.2, -0.15) is 0 Å². The topological polar surface area (TPSA) is 76.3 Å². The number of nitro benzene ring substituents is 1. The number of nitrogens with zero attached hydrogens (tertiary/aromatic N) is 3. The van der Waals surface area contributed by atoms with Crippen molar-refractivity contribution in [2.24, 2.45) is 0 Å². The second-order valence-electron chi connectivity index (χ2n) is 5.61. The van der Waals surface area contributed by atoms with Crippen molar-refractivity contribution in [3.8, 4) is 0 Å². The molecule has 0 N–H and O–H groups in total. The second kappa shape index (κ2) is 8.16. The number of carbonyl (C=O) groups excluding carboxylic acids is 1. The van der Waals surface area contributed by atoms with Gasteiger partial charge in [0.2, 0.25) is 0 Å². The molecule has 2 aromatic carbocycles. The number of benzene rings is 2. The first-order chi connectivity index (χ1) is 13.0. The van der Waals surface area contributed by atoms with Crippen molar-refractivity contribution in [3.63, 3.8) is 0 Å². The molecule has 1 aromatic heterocycles. The molecule has 8 heteroatoms. The second-order valence-corrected chi connectivity index (χ2v) is 6.45. The van der Waals surface area contributed by atoms with Gasteiger partial charge in [0.05, 0.1) is 27.7 Å². The molecule has 6 nitrogen and oxygen atoms in total. The summed E-state index contributed by atoms with van der Waals surface area (Å²) in [7, 11) is 0. The minimum atomic E-state index is -0.571. The lowest BCUT2D eigenvalue weighted by molar-refractivity contribution is -0.384. The van der Waals surface area contributed by atoms with Crippen molar-refractivity contribution in [2.75, 3.05) is 4.90 Å². The minimum Gasteiger partial charge on any atom is -0.302 e. The van der Waals surface area contributed by atoms with Gasteiger partial charge in [-0.3, -0.25) is 19.9 Å². The highest BCUT2D eigenvalue weighted by Gasteiger charge is 2.23. The van der Waals surface area contributed by atoms with Crippen LogP contribution in [0.25, 0.3) is 0 Å². The Morgan fingerprint density at radius 2 is 1.81 bits per heavy atom. The van der Waals surface area contributed by atoms with Crippen LogP contribution in [0.4, 0.5) is 11.4 Å². The number of hydrogen-bond acceptors (Lipinski definition) is 4. The lowest BCUT2D eigenvalue weighted by Crippen LogP contribution is -2.31. The number of aromatic nitrogens is 1. The molecule has 0 bridgehead atoms. The Labute approximate surface area is 165 Å². The highest BCUT2D eigenvalue weighted by Crippen LogP contribution is 2.27. The van der Waals surface area contributed by atoms with Gasteiger partial charge in [-0.05, 0) is 42.5 Å². The molecule has 0 aliphatic carbocycles. The smallest absolute Gasteiger partial charge is 0.270 e.